The lowest BCUT2D eigenvalue weighted by atomic mass is 10.1. The number of morpholine rings is 1. The van der Waals surface area contributed by atoms with Gasteiger partial charge in [-0.15, -0.1) is 0 Å². The number of hydrogen-bond acceptors (Lipinski definition) is 6. The van der Waals surface area contributed by atoms with Gasteiger partial charge in [0.15, 0.2) is 6.61 Å². The fourth-order valence-electron chi connectivity index (χ4n) is 3.34. The van der Waals surface area contributed by atoms with Crippen molar-refractivity contribution in [1.82, 2.24) is 4.90 Å². The molecule has 1 fully saturated rings. The monoisotopic (exact) mass is 408 g/mol. The van der Waals surface area contributed by atoms with Crippen LogP contribution in [0.15, 0.2) is 63.8 Å². The summed E-state index contributed by atoms with van der Waals surface area (Å²) in [6.07, 6.45) is 0.968. The van der Waals surface area contributed by atoms with Crippen molar-refractivity contribution in [1.29, 1.82) is 0 Å². The average Bonchev–Trinajstić information content (AvgIpc) is 2.77. The van der Waals surface area contributed by atoms with Crippen molar-refractivity contribution in [3.8, 4) is 5.75 Å². The molecular weight excluding hydrogens is 384 g/mol. The van der Waals surface area contributed by atoms with E-state index >= 15 is 0 Å². The molecule has 156 valence electrons. The molecule has 1 amide bonds. The smallest absolute Gasteiger partial charge is 0.336 e. The Bertz CT molecular complexity index is 1060. The van der Waals surface area contributed by atoms with Gasteiger partial charge in [0.1, 0.15) is 11.3 Å². The Morgan fingerprint density at radius 1 is 1.03 bits per heavy atom. The van der Waals surface area contributed by atoms with Crippen LogP contribution >= 0.6 is 0 Å². The van der Waals surface area contributed by atoms with Crippen molar-refractivity contribution in [2.45, 2.75) is 6.42 Å². The number of ether oxygens (including phenoxy) is 2. The van der Waals surface area contributed by atoms with Crippen molar-refractivity contribution >= 4 is 22.6 Å². The maximum absolute atomic E-state index is 12.2. The van der Waals surface area contributed by atoms with Gasteiger partial charge in [-0.05, 0) is 42.3 Å². The lowest BCUT2D eigenvalue weighted by Crippen LogP contribution is -2.37. The molecule has 1 aliphatic heterocycles. The number of carbonyl (C=O) groups excluding carboxylic acids is 1. The molecule has 3 aromatic rings. The second-order valence-electron chi connectivity index (χ2n) is 7.19. The zero-order valence-electron chi connectivity index (χ0n) is 16.6. The van der Waals surface area contributed by atoms with Gasteiger partial charge in [-0.25, -0.2) is 4.79 Å². The Kier molecular flexibility index (Phi) is 6.41. The summed E-state index contributed by atoms with van der Waals surface area (Å²) in [5.74, 6) is 0.205. The van der Waals surface area contributed by atoms with Crippen LogP contribution in [-0.2, 0) is 16.0 Å². The van der Waals surface area contributed by atoms with Crippen molar-refractivity contribution in [3.63, 3.8) is 0 Å². The first-order valence-electron chi connectivity index (χ1n) is 10.0. The molecule has 0 radical (unpaired) electrons. The van der Waals surface area contributed by atoms with Gasteiger partial charge in [0.25, 0.3) is 5.91 Å². The summed E-state index contributed by atoms with van der Waals surface area (Å²) in [4.78, 5) is 25.9. The predicted octanol–water partition coefficient (Wildman–Crippen LogP) is 2.69. The Balaban J connectivity index is 1.26. The minimum absolute atomic E-state index is 0.138. The van der Waals surface area contributed by atoms with Crippen molar-refractivity contribution in [3.05, 3.63) is 70.6 Å². The second-order valence-corrected chi connectivity index (χ2v) is 7.19. The van der Waals surface area contributed by atoms with E-state index in [1.54, 1.807) is 24.3 Å². The number of carbonyl (C=O) groups is 1. The number of nitrogens with zero attached hydrogens (tertiary/aromatic N) is 1. The molecule has 0 unspecified atom stereocenters. The maximum atomic E-state index is 12.2. The highest BCUT2D eigenvalue weighted by Crippen LogP contribution is 2.19. The first-order chi connectivity index (χ1) is 14.7. The van der Waals surface area contributed by atoms with Crippen molar-refractivity contribution in [2.24, 2.45) is 0 Å². The summed E-state index contributed by atoms with van der Waals surface area (Å²) in [7, 11) is 0. The highest BCUT2D eigenvalue weighted by molar-refractivity contribution is 5.92. The van der Waals surface area contributed by atoms with E-state index < -0.39 is 5.63 Å². The molecule has 2 heterocycles. The molecule has 0 bridgehead atoms. The Hall–Kier alpha value is -3.16. The third-order valence-corrected chi connectivity index (χ3v) is 5.02. The summed E-state index contributed by atoms with van der Waals surface area (Å²) in [6, 6.07) is 16.0. The third kappa shape index (κ3) is 5.46. The summed E-state index contributed by atoms with van der Waals surface area (Å²) in [6.45, 7) is 4.45. The average molecular weight is 408 g/mol. The first-order valence-corrected chi connectivity index (χ1v) is 10.0. The summed E-state index contributed by atoms with van der Waals surface area (Å²) >= 11 is 0. The maximum Gasteiger partial charge on any atom is 0.336 e. The fourth-order valence-corrected chi connectivity index (χ4v) is 3.34. The minimum Gasteiger partial charge on any atom is -0.484 e. The van der Waals surface area contributed by atoms with Gasteiger partial charge in [-0.2, -0.15) is 0 Å². The van der Waals surface area contributed by atoms with E-state index in [1.165, 1.54) is 11.6 Å². The molecule has 7 nitrogen and oxygen atoms in total. The first kappa shape index (κ1) is 20.1. The molecule has 0 spiro atoms. The number of anilines is 1. The van der Waals surface area contributed by atoms with Crippen LogP contribution in [0.1, 0.15) is 5.56 Å². The lowest BCUT2D eigenvalue weighted by Gasteiger charge is -2.26. The van der Waals surface area contributed by atoms with Crippen LogP contribution in [0.2, 0.25) is 0 Å². The molecule has 1 N–H and O–H groups in total. The summed E-state index contributed by atoms with van der Waals surface area (Å²) < 4.78 is 16.0. The minimum atomic E-state index is -0.425. The van der Waals surface area contributed by atoms with Gasteiger partial charge in [0, 0.05) is 42.8 Å². The Labute approximate surface area is 174 Å². The van der Waals surface area contributed by atoms with Crippen LogP contribution in [0, 0.1) is 0 Å². The molecule has 0 aliphatic carbocycles. The van der Waals surface area contributed by atoms with Crippen molar-refractivity contribution < 1.29 is 18.7 Å². The van der Waals surface area contributed by atoms with Crippen LogP contribution in [0.3, 0.4) is 0 Å². The highest BCUT2D eigenvalue weighted by atomic mass is 16.5. The van der Waals surface area contributed by atoms with E-state index in [0.717, 1.165) is 50.3 Å². The number of amides is 1. The molecule has 1 aromatic heterocycles. The van der Waals surface area contributed by atoms with Crippen molar-refractivity contribution in [2.75, 3.05) is 44.8 Å². The fraction of sp³-hybridized carbons (Fsp3) is 0.304. The molecule has 0 atom stereocenters. The highest BCUT2D eigenvalue weighted by Gasteiger charge is 2.10. The topological polar surface area (TPSA) is 81.0 Å². The quantitative estimate of drug-likeness (QED) is 0.606. The van der Waals surface area contributed by atoms with Crippen LogP contribution in [0.5, 0.6) is 5.75 Å². The molecule has 1 aliphatic rings. The van der Waals surface area contributed by atoms with Gasteiger partial charge >= 0.3 is 5.63 Å². The number of hydrogen-bond donors (Lipinski definition) is 1. The van der Waals surface area contributed by atoms with Crippen LogP contribution in [0.4, 0.5) is 5.69 Å². The zero-order chi connectivity index (χ0) is 20.8. The SMILES string of the molecule is O=C(COc1ccc2ccc(=O)oc2c1)Nc1ccc(CCN2CCOCC2)cc1. The van der Waals surface area contributed by atoms with E-state index in [4.69, 9.17) is 13.9 Å². The van der Waals surface area contributed by atoms with E-state index in [2.05, 4.69) is 10.2 Å². The number of fused-ring (bicyclic) bond motifs is 1. The molecule has 30 heavy (non-hydrogen) atoms. The van der Waals surface area contributed by atoms with Crippen LogP contribution in [0.25, 0.3) is 11.0 Å². The third-order valence-electron chi connectivity index (χ3n) is 5.02. The lowest BCUT2D eigenvalue weighted by molar-refractivity contribution is -0.118. The predicted molar refractivity (Wildman–Crippen MR) is 114 cm³/mol. The second kappa shape index (κ2) is 9.56. The molecule has 2 aromatic carbocycles. The normalized spacial score (nSPS) is 14.5. The molecule has 0 saturated carbocycles. The standard InChI is InChI=1S/C23H24N2O5/c26-22(16-29-20-7-3-18-4-8-23(27)30-21(18)15-20)24-19-5-1-17(2-6-19)9-10-25-11-13-28-14-12-25/h1-8,15H,9-14,16H2,(H,24,26). The van der Waals surface area contributed by atoms with Gasteiger partial charge in [-0.3, -0.25) is 9.69 Å². The molecule has 4 rings (SSSR count). The van der Waals surface area contributed by atoms with E-state index in [0.29, 0.717) is 11.3 Å². The van der Waals surface area contributed by atoms with Crippen LogP contribution in [-0.4, -0.2) is 50.3 Å². The van der Waals surface area contributed by atoms with Gasteiger partial charge < -0.3 is 19.2 Å². The van der Waals surface area contributed by atoms with Gasteiger partial charge in [0.05, 0.1) is 13.2 Å². The Morgan fingerprint density at radius 3 is 2.60 bits per heavy atom. The van der Waals surface area contributed by atoms with Gasteiger partial charge in [-0.1, -0.05) is 12.1 Å². The van der Waals surface area contributed by atoms with E-state index in [9.17, 15) is 9.59 Å². The Morgan fingerprint density at radius 2 is 1.80 bits per heavy atom. The molecule has 1 saturated heterocycles. The molecular formula is C23H24N2O5. The van der Waals surface area contributed by atoms with Crippen LogP contribution < -0.4 is 15.7 Å². The zero-order valence-corrected chi connectivity index (χ0v) is 16.6. The number of benzene rings is 2. The summed E-state index contributed by atoms with van der Waals surface area (Å²) in [5.41, 5.74) is 1.95. The number of rotatable bonds is 7. The van der Waals surface area contributed by atoms with E-state index in [1.807, 2.05) is 24.3 Å². The largest absolute Gasteiger partial charge is 0.484 e. The van der Waals surface area contributed by atoms with Gasteiger partial charge in [0.2, 0.25) is 0 Å². The summed E-state index contributed by atoms with van der Waals surface area (Å²) in [5, 5.41) is 3.62. The molecule has 7 heteroatoms. The van der Waals surface area contributed by atoms with E-state index in [-0.39, 0.29) is 12.5 Å². The number of nitrogens with one attached hydrogen (secondary N) is 1.